The first kappa shape index (κ1) is 31.9. The van der Waals surface area contributed by atoms with Crippen LogP contribution in [0.2, 0.25) is 0 Å². The molecule has 0 fully saturated rings. The van der Waals surface area contributed by atoms with Crippen molar-refractivity contribution >= 4 is 11.9 Å². The number of nitrogens with two attached hydrogens (primary N) is 2. The van der Waals surface area contributed by atoms with Gasteiger partial charge in [0.2, 0.25) is 0 Å². The molecule has 0 bridgehead atoms. The van der Waals surface area contributed by atoms with Gasteiger partial charge in [-0.1, -0.05) is 84.9 Å². The Hall–Kier alpha value is -5.06. The Morgan fingerprint density at radius 3 is 1.18 bits per heavy atom. The van der Waals surface area contributed by atoms with E-state index < -0.39 is 36.6 Å². The molecule has 0 aromatic heterocycles. The molecule has 10 nitrogen and oxygen atoms in total. The largest absolute Gasteiger partial charge is 0.493 e. The minimum atomic E-state index is -1.28. The zero-order chi connectivity index (χ0) is 31.3. The fourth-order valence-electron chi connectivity index (χ4n) is 4.47. The van der Waals surface area contributed by atoms with Gasteiger partial charge in [-0.3, -0.25) is 11.5 Å². The smallest absolute Gasteiger partial charge is 0.419 e. The summed E-state index contributed by atoms with van der Waals surface area (Å²) in [5.41, 5.74) is 13.9. The quantitative estimate of drug-likeness (QED) is 0.114. The van der Waals surface area contributed by atoms with Crippen LogP contribution in [0.4, 0.5) is 0 Å². The van der Waals surface area contributed by atoms with E-state index in [2.05, 4.69) is 0 Å². The van der Waals surface area contributed by atoms with Crippen molar-refractivity contribution in [3.05, 3.63) is 120 Å². The first-order valence-electron chi connectivity index (χ1n) is 14.0. The second kappa shape index (κ2) is 16.0. The molecule has 0 aliphatic heterocycles. The van der Waals surface area contributed by atoms with Crippen LogP contribution in [0.15, 0.2) is 109 Å². The zero-order valence-corrected chi connectivity index (χ0v) is 24.5. The fraction of sp³-hybridized carbons (Fsp3) is 0.235. The standard InChI is InChI=1S/C34H36N2O8/c1-39-25-17-9-11-19-27(25)41-29(23-13-5-3-6-14-23)21-31(35)43-33(37)34(38)44-32(36)22-30(24-15-7-4-8-16-24)42-28-20-12-10-18-26(28)40-2/h3-20,29-32H,21-22,35-36H2,1-2H3. The number of methoxy groups -OCH3 is 2. The number of hydrogen-bond acceptors (Lipinski definition) is 10. The van der Waals surface area contributed by atoms with Gasteiger partial charge in [0, 0.05) is 12.8 Å². The molecular formula is C34H36N2O8. The van der Waals surface area contributed by atoms with E-state index in [1.54, 1.807) is 24.3 Å². The summed E-state index contributed by atoms with van der Waals surface area (Å²) in [6.07, 6.45) is -3.56. The molecule has 0 heterocycles. The molecule has 4 rings (SSSR count). The first-order chi connectivity index (χ1) is 21.4. The minimum Gasteiger partial charge on any atom is -0.493 e. The predicted molar refractivity (Wildman–Crippen MR) is 163 cm³/mol. The van der Waals surface area contributed by atoms with E-state index in [0.717, 1.165) is 11.1 Å². The molecule has 0 aliphatic carbocycles. The number of rotatable bonds is 14. The SMILES string of the molecule is COc1ccccc1OC(CC(N)OC(=O)C(=O)OC(N)CC(Oc1ccccc1OC)c1ccccc1)c1ccccc1. The number of carbonyl (C=O) groups is 2. The molecule has 10 heteroatoms. The van der Waals surface area contributed by atoms with Crippen molar-refractivity contribution in [2.75, 3.05) is 14.2 Å². The number of carbonyl (C=O) groups excluding carboxylic acids is 2. The average molecular weight is 601 g/mol. The molecule has 0 radical (unpaired) electrons. The molecule has 0 amide bonds. The van der Waals surface area contributed by atoms with Gasteiger partial charge in [-0.25, -0.2) is 9.59 Å². The van der Waals surface area contributed by atoms with Crippen molar-refractivity contribution in [1.29, 1.82) is 0 Å². The lowest BCUT2D eigenvalue weighted by atomic mass is 10.1. The normalized spacial score (nSPS) is 13.5. The van der Waals surface area contributed by atoms with Crippen molar-refractivity contribution in [2.45, 2.75) is 37.5 Å². The molecule has 230 valence electrons. The van der Waals surface area contributed by atoms with Gasteiger partial charge >= 0.3 is 11.9 Å². The van der Waals surface area contributed by atoms with Gasteiger partial charge in [-0.15, -0.1) is 0 Å². The van der Waals surface area contributed by atoms with Crippen molar-refractivity contribution in [3.8, 4) is 23.0 Å². The summed E-state index contributed by atoms with van der Waals surface area (Å²) in [7, 11) is 3.08. The van der Waals surface area contributed by atoms with E-state index in [1.165, 1.54) is 14.2 Å². The summed E-state index contributed by atoms with van der Waals surface area (Å²) in [4.78, 5) is 25.3. The van der Waals surface area contributed by atoms with Gasteiger partial charge in [0.1, 0.15) is 12.2 Å². The lowest BCUT2D eigenvalue weighted by Gasteiger charge is -2.24. The fourth-order valence-corrected chi connectivity index (χ4v) is 4.47. The van der Waals surface area contributed by atoms with Gasteiger partial charge in [0.25, 0.3) is 0 Å². The van der Waals surface area contributed by atoms with Gasteiger partial charge in [0.05, 0.1) is 14.2 Å². The van der Waals surface area contributed by atoms with Crippen LogP contribution in [0, 0.1) is 0 Å². The van der Waals surface area contributed by atoms with Crippen LogP contribution in [-0.2, 0) is 19.1 Å². The van der Waals surface area contributed by atoms with Crippen LogP contribution in [0.1, 0.15) is 36.2 Å². The van der Waals surface area contributed by atoms with E-state index in [9.17, 15) is 9.59 Å². The maximum absolute atomic E-state index is 12.7. The molecule has 0 spiro atoms. The highest BCUT2D eigenvalue weighted by molar-refractivity contribution is 6.29. The van der Waals surface area contributed by atoms with E-state index in [0.29, 0.717) is 23.0 Å². The second-order valence-electron chi connectivity index (χ2n) is 9.69. The number of hydrogen-bond donors (Lipinski definition) is 2. The number of benzene rings is 4. The van der Waals surface area contributed by atoms with E-state index in [4.69, 9.17) is 39.9 Å². The molecule has 44 heavy (non-hydrogen) atoms. The first-order valence-corrected chi connectivity index (χ1v) is 14.0. The molecule has 4 unspecified atom stereocenters. The molecule has 0 saturated carbocycles. The number of esters is 2. The van der Waals surface area contributed by atoms with Gasteiger partial charge in [-0.05, 0) is 35.4 Å². The van der Waals surface area contributed by atoms with Crippen LogP contribution in [0.25, 0.3) is 0 Å². The third-order valence-corrected chi connectivity index (χ3v) is 6.60. The zero-order valence-electron chi connectivity index (χ0n) is 24.5. The monoisotopic (exact) mass is 600 g/mol. The lowest BCUT2D eigenvalue weighted by Crippen LogP contribution is -2.37. The Kier molecular flexibility index (Phi) is 11.6. The van der Waals surface area contributed by atoms with Gasteiger partial charge in [-0.2, -0.15) is 0 Å². The van der Waals surface area contributed by atoms with E-state index in [-0.39, 0.29) is 12.8 Å². The summed E-state index contributed by atoms with van der Waals surface area (Å²) in [6.45, 7) is 0. The van der Waals surface area contributed by atoms with Crippen molar-refractivity contribution in [1.82, 2.24) is 0 Å². The summed E-state index contributed by atoms with van der Waals surface area (Å²) in [5.74, 6) is -0.537. The van der Waals surface area contributed by atoms with Crippen LogP contribution in [0.3, 0.4) is 0 Å². The third-order valence-electron chi connectivity index (χ3n) is 6.60. The van der Waals surface area contributed by atoms with Crippen molar-refractivity contribution in [3.63, 3.8) is 0 Å². The Bertz CT molecular complexity index is 1370. The number of para-hydroxylation sites is 4. The Labute approximate surface area is 256 Å². The van der Waals surface area contributed by atoms with Gasteiger partial charge < -0.3 is 28.4 Å². The minimum absolute atomic E-state index is 0.0377. The van der Waals surface area contributed by atoms with Crippen LogP contribution < -0.4 is 30.4 Å². The topological polar surface area (TPSA) is 142 Å². The van der Waals surface area contributed by atoms with Crippen molar-refractivity contribution in [2.24, 2.45) is 11.5 Å². The Morgan fingerprint density at radius 2 is 0.841 bits per heavy atom. The molecule has 0 aliphatic rings. The Morgan fingerprint density at radius 1 is 0.523 bits per heavy atom. The number of ether oxygens (including phenoxy) is 6. The summed E-state index contributed by atoms with van der Waals surface area (Å²) < 4.78 is 33.6. The van der Waals surface area contributed by atoms with E-state index in [1.807, 2.05) is 84.9 Å². The predicted octanol–water partition coefficient (Wildman–Crippen LogP) is 5.08. The second-order valence-corrected chi connectivity index (χ2v) is 9.69. The van der Waals surface area contributed by atoms with Crippen LogP contribution in [-0.4, -0.2) is 38.6 Å². The summed E-state index contributed by atoms with van der Waals surface area (Å²) in [5, 5.41) is 0. The lowest BCUT2D eigenvalue weighted by molar-refractivity contribution is -0.175. The highest BCUT2D eigenvalue weighted by atomic mass is 16.6. The van der Waals surface area contributed by atoms with Crippen LogP contribution >= 0.6 is 0 Å². The average Bonchev–Trinajstić information content (AvgIpc) is 3.05. The highest BCUT2D eigenvalue weighted by Gasteiger charge is 2.28. The molecule has 4 N–H and O–H groups in total. The third kappa shape index (κ3) is 8.97. The van der Waals surface area contributed by atoms with Crippen LogP contribution in [0.5, 0.6) is 23.0 Å². The Balaban J connectivity index is 1.38. The molecule has 4 aromatic carbocycles. The molecule has 0 saturated heterocycles. The maximum Gasteiger partial charge on any atom is 0.419 e. The summed E-state index contributed by atoms with van der Waals surface area (Å²) in [6, 6.07) is 32.9. The summed E-state index contributed by atoms with van der Waals surface area (Å²) >= 11 is 0. The molecular weight excluding hydrogens is 564 g/mol. The maximum atomic E-state index is 12.7. The molecule has 4 aromatic rings. The highest BCUT2D eigenvalue weighted by Crippen LogP contribution is 2.34. The van der Waals surface area contributed by atoms with Crippen molar-refractivity contribution < 1.29 is 38.0 Å². The van der Waals surface area contributed by atoms with Gasteiger partial charge in [0.15, 0.2) is 35.5 Å². The molecule has 4 atom stereocenters. The van der Waals surface area contributed by atoms with E-state index >= 15 is 0 Å².